The Kier molecular flexibility index (Phi) is 3.99. The number of ether oxygens (including phenoxy) is 1. The molecule has 0 fully saturated rings. The van der Waals surface area contributed by atoms with Gasteiger partial charge in [0, 0.05) is 26.8 Å². The second-order valence-corrected chi connectivity index (χ2v) is 5.97. The van der Waals surface area contributed by atoms with Crippen LogP contribution in [0, 0.1) is 0 Å². The SMILES string of the molecule is Nc1ccc(OCc2cccc(Cl)c2)c2ncc(Br)cc12. The minimum Gasteiger partial charge on any atom is -0.487 e. The van der Waals surface area contributed by atoms with Crippen LogP contribution >= 0.6 is 27.5 Å². The van der Waals surface area contributed by atoms with Gasteiger partial charge in [-0.25, -0.2) is 0 Å². The predicted octanol–water partition coefficient (Wildman–Crippen LogP) is 4.81. The molecule has 106 valence electrons. The summed E-state index contributed by atoms with van der Waals surface area (Å²) in [6.07, 6.45) is 1.73. The topological polar surface area (TPSA) is 48.1 Å². The van der Waals surface area contributed by atoms with E-state index in [1.807, 2.05) is 42.5 Å². The van der Waals surface area contributed by atoms with Crippen molar-refractivity contribution in [1.82, 2.24) is 4.98 Å². The number of nitrogens with two attached hydrogens (primary N) is 1. The summed E-state index contributed by atoms with van der Waals surface area (Å²) in [7, 11) is 0. The lowest BCUT2D eigenvalue weighted by molar-refractivity contribution is 0.309. The van der Waals surface area contributed by atoms with Gasteiger partial charge in [-0.3, -0.25) is 4.98 Å². The van der Waals surface area contributed by atoms with E-state index >= 15 is 0 Å². The number of fused-ring (bicyclic) bond motifs is 1. The van der Waals surface area contributed by atoms with E-state index in [1.54, 1.807) is 6.20 Å². The van der Waals surface area contributed by atoms with Crippen molar-refractivity contribution in [3.8, 4) is 5.75 Å². The van der Waals surface area contributed by atoms with Crippen molar-refractivity contribution in [2.75, 3.05) is 5.73 Å². The van der Waals surface area contributed by atoms with Gasteiger partial charge in [-0.15, -0.1) is 0 Å². The van der Waals surface area contributed by atoms with Crippen LogP contribution in [0.4, 0.5) is 5.69 Å². The maximum absolute atomic E-state index is 5.99. The first-order valence-corrected chi connectivity index (χ1v) is 7.51. The standard InChI is InChI=1S/C16H12BrClN2O/c17-11-7-13-14(19)4-5-15(16(13)20-8-11)21-9-10-2-1-3-12(18)6-10/h1-8H,9,19H2. The van der Waals surface area contributed by atoms with Gasteiger partial charge in [-0.2, -0.15) is 0 Å². The van der Waals surface area contributed by atoms with E-state index in [-0.39, 0.29) is 0 Å². The molecule has 0 spiro atoms. The minimum atomic E-state index is 0.428. The number of rotatable bonds is 3. The lowest BCUT2D eigenvalue weighted by Gasteiger charge is -2.10. The molecule has 2 aromatic carbocycles. The van der Waals surface area contributed by atoms with Gasteiger partial charge in [0.25, 0.3) is 0 Å². The first kappa shape index (κ1) is 14.2. The van der Waals surface area contributed by atoms with Crippen molar-refractivity contribution in [3.63, 3.8) is 0 Å². The minimum absolute atomic E-state index is 0.428. The van der Waals surface area contributed by atoms with Gasteiger partial charge in [0.15, 0.2) is 0 Å². The number of anilines is 1. The van der Waals surface area contributed by atoms with Gasteiger partial charge >= 0.3 is 0 Å². The third-order valence-corrected chi connectivity index (χ3v) is 3.77. The van der Waals surface area contributed by atoms with Gasteiger partial charge in [-0.05, 0) is 51.8 Å². The Hall–Kier alpha value is -1.78. The highest BCUT2D eigenvalue weighted by molar-refractivity contribution is 9.10. The van der Waals surface area contributed by atoms with Gasteiger partial charge in [0.2, 0.25) is 0 Å². The summed E-state index contributed by atoms with van der Waals surface area (Å²) < 4.78 is 6.75. The molecule has 0 aliphatic rings. The molecule has 1 heterocycles. The van der Waals surface area contributed by atoms with Crippen molar-refractivity contribution in [2.24, 2.45) is 0 Å². The molecule has 0 unspecified atom stereocenters. The van der Waals surface area contributed by atoms with E-state index in [0.717, 1.165) is 20.9 Å². The van der Waals surface area contributed by atoms with Crippen molar-refractivity contribution in [2.45, 2.75) is 6.61 Å². The van der Waals surface area contributed by atoms with Crippen LogP contribution in [-0.4, -0.2) is 4.98 Å². The van der Waals surface area contributed by atoms with Gasteiger partial charge in [-0.1, -0.05) is 23.7 Å². The fraction of sp³-hybridized carbons (Fsp3) is 0.0625. The molecule has 3 rings (SSSR count). The summed E-state index contributed by atoms with van der Waals surface area (Å²) in [5.74, 6) is 0.701. The average molecular weight is 364 g/mol. The molecule has 0 aliphatic carbocycles. The Morgan fingerprint density at radius 2 is 2.05 bits per heavy atom. The molecule has 0 amide bonds. The number of hydrogen-bond acceptors (Lipinski definition) is 3. The summed E-state index contributed by atoms with van der Waals surface area (Å²) in [4.78, 5) is 4.39. The lowest BCUT2D eigenvalue weighted by atomic mass is 10.1. The molecule has 21 heavy (non-hydrogen) atoms. The van der Waals surface area contributed by atoms with Gasteiger partial charge in [0.1, 0.15) is 17.9 Å². The molecule has 0 atom stereocenters. The maximum Gasteiger partial charge on any atom is 0.146 e. The average Bonchev–Trinajstić information content (AvgIpc) is 2.47. The van der Waals surface area contributed by atoms with Crippen molar-refractivity contribution < 1.29 is 4.74 Å². The normalized spacial score (nSPS) is 10.8. The molecular weight excluding hydrogens is 352 g/mol. The van der Waals surface area contributed by atoms with Crippen molar-refractivity contribution in [3.05, 3.63) is 63.7 Å². The quantitative estimate of drug-likeness (QED) is 0.679. The zero-order valence-electron chi connectivity index (χ0n) is 11.0. The predicted molar refractivity (Wildman–Crippen MR) is 89.6 cm³/mol. The van der Waals surface area contributed by atoms with Crippen LogP contribution in [-0.2, 0) is 6.61 Å². The molecule has 2 N–H and O–H groups in total. The number of benzene rings is 2. The van der Waals surface area contributed by atoms with E-state index in [4.69, 9.17) is 22.1 Å². The molecule has 0 saturated heterocycles. The first-order chi connectivity index (χ1) is 10.1. The summed E-state index contributed by atoms with van der Waals surface area (Å²) >= 11 is 9.37. The van der Waals surface area contributed by atoms with E-state index in [1.165, 1.54) is 0 Å². The summed E-state index contributed by atoms with van der Waals surface area (Å²) in [6.45, 7) is 0.428. The number of pyridine rings is 1. The third-order valence-electron chi connectivity index (χ3n) is 3.10. The first-order valence-electron chi connectivity index (χ1n) is 6.34. The molecule has 0 bridgehead atoms. The van der Waals surface area contributed by atoms with Crippen LogP contribution in [0.5, 0.6) is 5.75 Å². The van der Waals surface area contributed by atoms with Crippen molar-refractivity contribution >= 4 is 44.1 Å². The molecular formula is C16H12BrClN2O. The van der Waals surface area contributed by atoms with Crippen molar-refractivity contribution in [1.29, 1.82) is 0 Å². The number of aromatic nitrogens is 1. The fourth-order valence-corrected chi connectivity index (χ4v) is 2.64. The molecule has 0 aliphatic heterocycles. The van der Waals surface area contributed by atoms with Crippen LogP contribution in [0.3, 0.4) is 0 Å². The molecule has 0 saturated carbocycles. The summed E-state index contributed by atoms with van der Waals surface area (Å²) in [6, 6.07) is 13.2. The molecule has 0 radical (unpaired) electrons. The number of halogens is 2. The Morgan fingerprint density at radius 3 is 2.86 bits per heavy atom. The second-order valence-electron chi connectivity index (χ2n) is 4.62. The van der Waals surface area contributed by atoms with Crippen LogP contribution < -0.4 is 10.5 Å². The van der Waals surface area contributed by atoms with Gasteiger partial charge < -0.3 is 10.5 Å². The Bertz CT molecular complexity index is 807. The maximum atomic E-state index is 5.99. The number of hydrogen-bond donors (Lipinski definition) is 1. The number of nitrogens with zero attached hydrogens (tertiary/aromatic N) is 1. The van der Waals surface area contributed by atoms with Crippen LogP contribution in [0.1, 0.15) is 5.56 Å². The van der Waals surface area contributed by atoms with Crippen LogP contribution in [0.15, 0.2) is 53.1 Å². The van der Waals surface area contributed by atoms with E-state index < -0.39 is 0 Å². The van der Waals surface area contributed by atoms with Crippen LogP contribution in [0.2, 0.25) is 5.02 Å². The number of nitrogen functional groups attached to an aromatic ring is 1. The third kappa shape index (κ3) is 3.12. The molecule has 5 heteroatoms. The van der Waals surface area contributed by atoms with Crippen LogP contribution in [0.25, 0.3) is 10.9 Å². The highest BCUT2D eigenvalue weighted by Gasteiger charge is 2.08. The Labute approximate surface area is 135 Å². The molecule has 3 aromatic rings. The van der Waals surface area contributed by atoms with E-state index in [9.17, 15) is 0 Å². The van der Waals surface area contributed by atoms with E-state index in [2.05, 4.69) is 20.9 Å². The lowest BCUT2D eigenvalue weighted by Crippen LogP contribution is -1.98. The highest BCUT2D eigenvalue weighted by atomic mass is 79.9. The zero-order chi connectivity index (χ0) is 14.8. The molecule has 1 aromatic heterocycles. The van der Waals surface area contributed by atoms with Gasteiger partial charge in [0.05, 0.1) is 0 Å². The summed E-state index contributed by atoms with van der Waals surface area (Å²) in [5, 5.41) is 1.56. The largest absolute Gasteiger partial charge is 0.487 e. The zero-order valence-corrected chi connectivity index (χ0v) is 13.4. The van der Waals surface area contributed by atoms with E-state index in [0.29, 0.717) is 23.1 Å². The Morgan fingerprint density at radius 1 is 1.19 bits per heavy atom. The second kappa shape index (κ2) is 5.92. The highest BCUT2D eigenvalue weighted by Crippen LogP contribution is 2.30. The fourth-order valence-electron chi connectivity index (χ4n) is 2.09. The Balaban J connectivity index is 1.92. The molecule has 3 nitrogen and oxygen atoms in total. The summed E-state index contributed by atoms with van der Waals surface area (Å²) in [5.41, 5.74) is 8.42. The monoisotopic (exact) mass is 362 g/mol. The smallest absolute Gasteiger partial charge is 0.146 e.